The number of anilines is 1. The van der Waals surface area contributed by atoms with Crippen LogP contribution in [0.25, 0.3) is 0 Å². The van der Waals surface area contributed by atoms with E-state index in [9.17, 15) is 22.8 Å². The summed E-state index contributed by atoms with van der Waals surface area (Å²) >= 11 is 5.84. The lowest BCUT2D eigenvalue weighted by Gasteiger charge is -2.17. The zero-order valence-electron chi connectivity index (χ0n) is 14.1. The van der Waals surface area contributed by atoms with Crippen LogP contribution in [0, 0.1) is 5.92 Å². The molecule has 0 bridgehead atoms. The molecule has 1 fully saturated rings. The van der Waals surface area contributed by atoms with E-state index in [1.54, 1.807) is 17.0 Å². The molecule has 4 nitrogen and oxygen atoms in total. The first kappa shape index (κ1) is 19.2. The minimum absolute atomic E-state index is 0.0695. The number of halogens is 4. The van der Waals surface area contributed by atoms with E-state index in [0.717, 1.165) is 17.7 Å². The average molecular weight is 397 g/mol. The van der Waals surface area contributed by atoms with Crippen LogP contribution in [-0.2, 0) is 22.3 Å². The SMILES string of the molecule is O=C(Nc1ccc(C(F)(F)F)cc1)C1CC(=O)N(Cc2ccc(Cl)cc2)C1. The number of alkyl halides is 3. The predicted molar refractivity (Wildman–Crippen MR) is 95.0 cm³/mol. The van der Waals surface area contributed by atoms with E-state index in [-0.39, 0.29) is 30.5 Å². The van der Waals surface area contributed by atoms with Gasteiger partial charge in [0.2, 0.25) is 11.8 Å². The monoisotopic (exact) mass is 396 g/mol. The first-order valence-corrected chi connectivity index (χ1v) is 8.60. The summed E-state index contributed by atoms with van der Waals surface area (Å²) in [7, 11) is 0. The van der Waals surface area contributed by atoms with Gasteiger partial charge in [-0.15, -0.1) is 0 Å². The van der Waals surface area contributed by atoms with Crippen LogP contribution in [0.3, 0.4) is 0 Å². The second kappa shape index (κ2) is 7.60. The quantitative estimate of drug-likeness (QED) is 0.835. The molecule has 1 unspecified atom stereocenters. The number of hydrogen-bond donors (Lipinski definition) is 1. The van der Waals surface area contributed by atoms with E-state index in [1.165, 1.54) is 12.1 Å². The van der Waals surface area contributed by atoms with Crippen LogP contribution in [0.2, 0.25) is 5.02 Å². The highest BCUT2D eigenvalue weighted by atomic mass is 35.5. The Kier molecular flexibility index (Phi) is 5.41. The van der Waals surface area contributed by atoms with Crippen LogP contribution in [0.4, 0.5) is 18.9 Å². The van der Waals surface area contributed by atoms with Gasteiger partial charge in [0.05, 0.1) is 11.5 Å². The van der Waals surface area contributed by atoms with Crippen LogP contribution < -0.4 is 5.32 Å². The molecule has 1 aliphatic rings. The Morgan fingerprint density at radius 3 is 2.33 bits per heavy atom. The molecular formula is C19H16ClF3N2O2. The van der Waals surface area contributed by atoms with Gasteiger partial charge in [0.1, 0.15) is 0 Å². The minimum Gasteiger partial charge on any atom is -0.338 e. The van der Waals surface area contributed by atoms with Gasteiger partial charge in [-0.25, -0.2) is 0 Å². The number of hydrogen-bond acceptors (Lipinski definition) is 2. The molecule has 0 aliphatic carbocycles. The molecule has 27 heavy (non-hydrogen) atoms. The van der Waals surface area contributed by atoms with Crippen molar-refractivity contribution in [2.75, 3.05) is 11.9 Å². The lowest BCUT2D eigenvalue weighted by Crippen LogP contribution is -2.28. The third kappa shape index (κ3) is 4.80. The minimum atomic E-state index is -4.43. The van der Waals surface area contributed by atoms with Gasteiger partial charge < -0.3 is 10.2 Å². The highest BCUT2D eigenvalue weighted by Crippen LogP contribution is 2.30. The van der Waals surface area contributed by atoms with Gasteiger partial charge in [-0.3, -0.25) is 9.59 Å². The number of rotatable bonds is 4. The Balaban J connectivity index is 1.59. The average Bonchev–Trinajstić information content (AvgIpc) is 2.97. The summed E-state index contributed by atoms with van der Waals surface area (Å²) in [6, 6.07) is 11.3. The highest BCUT2D eigenvalue weighted by molar-refractivity contribution is 6.30. The molecule has 0 aromatic heterocycles. The zero-order chi connectivity index (χ0) is 19.6. The molecular weight excluding hydrogens is 381 g/mol. The van der Waals surface area contributed by atoms with Crippen molar-refractivity contribution in [2.45, 2.75) is 19.1 Å². The third-order valence-electron chi connectivity index (χ3n) is 4.35. The first-order chi connectivity index (χ1) is 12.7. The van der Waals surface area contributed by atoms with Crippen LogP contribution in [0.15, 0.2) is 48.5 Å². The maximum absolute atomic E-state index is 12.6. The fraction of sp³-hybridized carbons (Fsp3) is 0.263. The van der Waals surface area contributed by atoms with Crippen molar-refractivity contribution in [2.24, 2.45) is 5.92 Å². The Morgan fingerprint density at radius 2 is 1.74 bits per heavy atom. The number of benzene rings is 2. The molecule has 2 aromatic rings. The number of carbonyl (C=O) groups is 2. The van der Waals surface area contributed by atoms with Crippen molar-refractivity contribution in [3.63, 3.8) is 0 Å². The van der Waals surface area contributed by atoms with Gasteiger partial charge in [-0.05, 0) is 42.0 Å². The molecule has 0 radical (unpaired) electrons. The molecule has 1 atom stereocenters. The van der Waals surface area contributed by atoms with Gasteiger partial charge in [0.25, 0.3) is 0 Å². The van der Waals surface area contributed by atoms with Crippen LogP contribution in [0.5, 0.6) is 0 Å². The van der Waals surface area contributed by atoms with Gasteiger partial charge in [-0.2, -0.15) is 13.2 Å². The van der Waals surface area contributed by atoms with Gasteiger partial charge in [0.15, 0.2) is 0 Å². The highest BCUT2D eigenvalue weighted by Gasteiger charge is 2.34. The van der Waals surface area contributed by atoms with Gasteiger partial charge in [0, 0.05) is 30.2 Å². The van der Waals surface area contributed by atoms with E-state index in [2.05, 4.69) is 5.32 Å². The topological polar surface area (TPSA) is 49.4 Å². The number of amides is 2. The second-order valence-electron chi connectivity index (χ2n) is 6.37. The molecule has 1 aliphatic heterocycles. The Hall–Kier alpha value is -2.54. The summed E-state index contributed by atoms with van der Waals surface area (Å²) in [5.74, 6) is -1.08. The molecule has 3 rings (SSSR count). The normalized spacial score (nSPS) is 17.3. The second-order valence-corrected chi connectivity index (χ2v) is 6.80. The Morgan fingerprint density at radius 1 is 1.11 bits per heavy atom. The summed E-state index contributed by atoms with van der Waals surface area (Å²) in [5.41, 5.74) is 0.374. The van der Waals surface area contributed by atoms with E-state index in [4.69, 9.17) is 11.6 Å². The van der Waals surface area contributed by atoms with Crippen LogP contribution in [-0.4, -0.2) is 23.3 Å². The molecule has 142 valence electrons. The maximum atomic E-state index is 12.6. The first-order valence-electron chi connectivity index (χ1n) is 8.23. The number of nitrogens with one attached hydrogen (secondary N) is 1. The van der Waals surface area contributed by atoms with Crippen molar-refractivity contribution < 1.29 is 22.8 Å². The fourth-order valence-corrected chi connectivity index (χ4v) is 3.02. The standard InChI is InChI=1S/C19H16ClF3N2O2/c20-15-5-1-12(2-6-15)10-25-11-13(9-17(25)26)18(27)24-16-7-3-14(4-8-16)19(21,22)23/h1-8,13H,9-11H2,(H,24,27). The molecule has 0 spiro atoms. The zero-order valence-corrected chi connectivity index (χ0v) is 14.8. The van der Waals surface area contributed by atoms with Crippen molar-refractivity contribution in [3.05, 3.63) is 64.7 Å². The molecule has 8 heteroatoms. The van der Waals surface area contributed by atoms with E-state index in [1.807, 2.05) is 12.1 Å². The molecule has 0 saturated carbocycles. The summed E-state index contributed by atoms with van der Waals surface area (Å²) < 4.78 is 37.7. The lowest BCUT2D eigenvalue weighted by atomic mass is 10.1. The van der Waals surface area contributed by atoms with Gasteiger partial charge >= 0.3 is 6.18 Å². The van der Waals surface area contributed by atoms with Crippen molar-refractivity contribution in [3.8, 4) is 0 Å². The summed E-state index contributed by atoms with van der Waals surface area (Å²) in [5, 5.41) is 3.17. The number of likely N-dealkylation sites (tertiary alicyclic amines) is 1. The Bertz CT molecular complexity index is 836. The van der Waals surface area contributed by atoms with E-state index < -0.39 is 17.7 Å². The summed E-state index contributed by atoms with van der Waals surface area (Å²) in [6.07, 6.45) is -4.36. The number of carbonyl (C=O) groups excluding carboxylic acids is 2. The van der Waals surface area contributed by atoms with Gasteiger partial charge in [-0.1, -0.05) is 23.7 Å². The lowest BCUT2D eigenvalue weighted by molar-refractivity contribution is -0.137. The maximum Gasteiger partial charge on any atom is 0.416 e. The number of nitrogens with zero attached hydrogens (tertiary/aromatic N) is 1. The van der Waals surface area contributed by atoms with Crippen LogP contribution in [0.1, 0.15) is 17.5 Å². The van der Waals surface area contributed by atoms with Crippen molar-refractivity contribution in [1.29, 1.82) is 0 Å². The molecule has 2 aromatic carbocycles. The molecule has 1 saturated heterocycles. The fourth-order valence-electron chi connectivity index (χ4n) is 2.90. The van der Waals surface area contributed by atoms with Crippen molar-refractivity contribution in [1.82, 2.24) is 4.90 Å². The summed E-state index contributed by atoms with van der Waals surface area (Å²) in [6.45, 7) is 0.633. The molecule has 2 amide bonds. The Labute approximate surface area is 158 Å². The van der Waals surface area contributed by atoms with E-state index in [0.29, 0.717) is 11.6 Å². The van der Waals surface area contributed by atoms with Crippen LogP contribution >= 0.6 is 11.6 Å². The summed E-state index contributed by atoms with van der Waals surface area (Å²) in [4.78, 5) is 26.1. The third-order valence-corrected chi connectivity index (χ3v) is 4.60. The smallest absolute Gasteiger partial charge is 0.338 e. The molecule has 1 N–H and O–H groups in total. The van der Waals surface area contributed by atoms with E-state index >= 15 is 0 Å². The largest absolute Gasteiger partial charge is 0.416 e. The predicted octanol–water partition coefficient (Wildman–Crippen LogP) is 4.35. The molecule has 1 heterocycles. The van der Waals surface area contributed by atoms with Crippen molar-refractivity contribution >= 4 is 29.1 Å².